The van der Waals surface area contributed by atoms with E-state index in [1.165, 1.54) is 11.8 Å². The van der Waals surface area contributed by atoms with E-state index in [1.54, 1.807) is 6.26 Å². The van der Waals surface area contributed by atoms with Gasteiger partial charge < -0.3 is 20.5 Å². The zero-order valence-electron chi connectivity index (χ0n) is 18.8. The molecule has 3 rings (SSSR count). The number of carboxylic acids is 1. The van der Waals surface area contributed by atoms with Crippen LogP contribution in [0.4, 0.5) is 18.0 Å². The molecular formula is C24H25F3N2O5S. The predicted molar refractivity (Wildman–Crippen MR) is 125 cm³/mol. The maximum atomic E-state index is 13.1. The van der Waals surface area contributed by atoms with Crippen LogP contribution in [-0.2, 0) is 14.3 Å². The Morgan fingerprint density at radius 2 is 1.57 bits per heavy atom. The van der Waals surface area contributed by atoms with Crippen molar-refractivity contribution in [3.8, 4) is 11.1 Å². The number of fused-ring (bicyclic) bond motifs is 3. The van der Waals surface area contributed by atoms with Crippen LogP contribution >= 0.6 is 11.8 Å². The van der Waals surface area contributed by atoms with Crippen LogP contribution in [-0.4, -0.2) is 60.0 Å². The summed E-state index contributed by atoms with van der Waals surface area (Å²) in [5.74, 6) is -2.56. The van der Waals surface area contributed by atoms with Crippen LogP contribution in [0, 0.1) is 0 Å². The molecule has 35 heavy (non-hydrogen) atoms. The fourth-order valence-corrected chi connectivity index (χ4v) is 4.46. The molecule has 2 atom stereocenters. The Hall–Kier alpha value is -3.21. The SMILES string of the molecule is CSCC[C@H](NC(=O)C(CC(F)(F)F)NC(=O)OCC1c2ccccc2-c2ccccc21)C(=O)O. The second-order valence-corrected chi connectivity index (χ2v) is 9.01. The number of alkyl carbamates (subject to hydrolysis) is 1. The molecule has 2 amide bonds. The van der Waals surface area contributed by atoms with Gasteiger partial charge in [-0.1, -0.05) is 48.5 Å². The Morgan fingerprint density at radius 3 is 2.09 bits per heavy atom. The highest BCUT2D eigenvalue weighted by molar-refractivity contribution is 7.98. The molecule has 11 heteroatoms. The highest BCUT2D eigenvalue weighted by Crippen LogP contribution is 2.44. The van der Waals surface area contributed by atoms with Gasteiger partial charge in [0.2, 0.25) is 5.91 Å². The van der Waals surface area contributed by atoms with E-state index in [1.807, 2.05) is 53.8 Å². The number of aliphatic carboxylic acids is 1. The highest BCUT2D eigenvalue weighted by Gasteiger charge is 2.38. The summed E-state index contributed by atoms with van der Waals surface area (Å²) in [6, 6.07) is 11.7. The van der Waals surface area contributed by atoms with Gasteiger partial charge in [0.15, 0.2) is 0 Å². The molecule has 1 unspecified atom stereocenters. The third kappa shape index (κ3) is 6.91. The summed E-state index contributed by atoms with van der Waals surface area (Å²) in [5, 5.41) is 13.3. The highest BCUT2D eigenvalue weighted by atomic mass is 32.2. The molecule has 2 aromatic carbocycles. The van der Waals surface area contributed by atoms with Crippen molar-refractivity contribution < 1.29 is 37.4 Å². The lowest BCUT2D eigenvalue weighted by Crippen LogP contribution is -2.53. The van der Waals surface area contributed by atoms with Crippen molar-refractivity contribution in [1.82, 2.24) is 10.6 Å². The summed E-state index contributed by atoms with van der Waals surface area (Å²) < 4.78 is 44.5. The molecule has 0 saturated carbocycles. The van der Waals surface area contributed by atoms with Crippen molar-refractivity contribution in [3.63, 3.8) is 0 Å². The van der Waals surface area contributed by atoms with Gasteiger partial charge in [0, 0.05) is 5.92 Å². The number of benzene rings is 2. The Morgan fingerprint density at radius 1 is 1.00 bits per heavy atom. The van der Waals surface area contributed by atoms with Gasteiger partial charge in [-0.05, 0) is 40.7 Å². The molecule has 0 fully saturated rings. The number of carbonyl (C=O) groups excluding carboxylic acids is 2. The Bertz CT molecular complexity index is 1030. The lowest BCUT2D eigenvalue weighted by atomic mass is 9.98. The minimum atomic E-state index is -4.78. The van der Waals surface area contributed by atoms with E-state index in [0.29, 0.717) is 5.75 Å². The summed E-state index contributed by atoms with van der Waals surface area (Å²) >= 11 is 1.33. The fraction of sp³-hybridized carbons (Fsp3) is 0.375. The van der Waals surface area contributed by atoms with E-state index in [2.05, 4.69) is 5.32 Å². The minimum Gasteiger partial charge on any atom is -0.480 e. The number of rotatable bonds is 10. The van der Waals surface area contributed by atoms with Crippen molar-refractivity contribution in [2.75, 3.05) is 18.6 Å². The fourth-order valence-electron chi connectivity index (χ4n) is 3.99. The Balaban J connectivity index is 1.68. The van der Waals surface area contributed by atoms with E-state index in [4.69, 9.17) is 4.74 Å². The summed E-state index contributed by atoms with van der Waals surface area (Å²) in [6.45, 7) is -0.147. The molecule has 0 spiro atoms. The maximum absolute atomic E-state index is 13.1. The van der Waals surface area contributed by atoms with E-state index < -0.39 is 42.7 Å². The smallest absolute Gasteiger partial charge is 0.407 e. The average molecular weight is 511 g/mol. The van der Waals surface area contributed by atoms with E-state index in [9.17, 15) is 32.7 Å². The normalized spacial score (nSPS) is 14.4. The minimum absolute atomic E-state index is 0.0198. The lowest BCUT2D eigenvalue weighted by Gasteiger charge is -2.22. The van der Waals surface area contributed by atoms with Crippen LogP contribution in [0.5, 0.6) is 0 Å². The maximum Gasteiger partial charge on any atom is 0.407 e. The summed E-state index contributed by atoms with van der Waals surface area (Å²) in [4.78, 5) is 36.2. The molecule has 3 N–H and O–H groups in total. The van der Waals surface area contributed by atoms with E-state index in [0.717, 1.165) is 22.3 Å². The first-order valence-electron chi connectivity index (χ1n) is 10.8. The van der Waals surface area contributed by atoms with Crippen LogP contribution < -0.4 is 10.6 Å². The average Bonchev–Trinajstić information content (AvgIpc) is 3.12. The lowest BCUT2D eigenvalue weighted by molar-refractivity contribution is -0.150. The first-order chi connectivity index (χ1) is 16.6. The molecule has 188 valence electrons. The van der Waals surface area contributed by atoms with Crippen molar-refractivity contribution in [2.45, 2.75) is 37.0 Å². The molecule has 0 saturated heterocycles. The van der Waals surface area contributed by atoms with Crippen molar-refractivity contribution in [2.24, 2.45) is 0 Å². The monoisotopic (exact) mass is 510 g/mol. The number of nitrogens with one attached hydrogen (secondary N) is 2. The van der Waals surface area contributed by atoms with Gasteiger partial charge in [0.25, 0.3) is 0 Å². The third-order valence-electron chi connectivity index (χ3n) is 5.61. The number of ether oxygens (including phenoxy) is 1. The molecule has 0 aromatic heterocycles. The molecule has 7 nitrogen and oxygen atoms in total. The van der Waals surface area contributed by atoms with E-state index in [-0.39, 0.29) is 18.9 Å². The number of amides is 2. The summed E-state index contributed by atoms with van der Waals surface area (Å²) in [6.07, 6.45) is -5.90. The van der Waals surface area contributed by atoms with Crippen LogP contribution in [0.25, 0.3) is 11.1 Å². The molecule has 1 aliphatic rings. The van der Waals surface area contributed by atoms with Gasteiger partial charge in [0.05, 0.1) is 6.42 Å². The quantitative estimate of drug-likeness (QED) is 0.443. The number of halogens is 3. The zero-order chi connectivity index (χ0) is 25.6. The number of hydrogen-bond donors (Lipinski definition) is 3. The van der Waals surface area contributed by atoms with Crippen molar-refractivity contribution in [3.05, 3.63) is 59.7 Å². The predicted octanol–water partition coefficient (Wildman–Crippen LogP) is 4.17. The van der Waals surface area contributed by atoms with Crippen LogP contribution in [0.15, 0.2) is 48.5 Å². The van der Waals surface area contributed by atoms with Gasteiger partial charge in [-0.25, -0.2) is 9.59 Å². The van der Waals surface area contributed by atoms with Gasteiger partial charge >= 0.3 is 18.2 Å². The standard InChI is InChI=1S/C24H25F3N2O5S/c1-35-11-10-19(22(31)32)28-21(30)20(12-24(25,26)27)29-23(33)34-13-18-16-8-4-2-6-14(16)15-7-3-5-9-17(15)18/h2-9,18-20H,10-13H2,1H3,(H,28,30)(H,29,33)(H,31,32)/t19-,20?/m0/s1. The molecule has 0 heterocycles. The second-order valence-electron chi connectivity index (χ2n) is 8.02. The van der Waals surface area contributed by atoms with Crippen LogP contribution in [0.2, 0.25) is 0 Å². The molecule has 0 aliphatic heterocycles. The topological polar surface area (TPSA) is 105 Å². The first-order valence-corrected chi connectivity index (χ1v) is 12.2. The molecular weight excluding hydrogens is 485 g/mol. The van der Waals surface area contributed by atoms with Gasteiger partial charge in [0.1, 0.15) is 18.7 Å². The summed E-state index contributed by atoms with van der Waals surface area (Å²) in [5.41, 5.74) is 3.81. The third-order valence-corrected chi connectivity index (χ3v) is 6.26. The summed E-state index contributed by atoms with van der Waals surface area (Å²) in [7, 11) is 0. The Labute approximate surface area is 204 Å². The van der Waals surface area contributed by atoms with E-state index >= 15 is 0 Å². The largest absolute Gasteiger partial charge is 0.480 e. The number of alkyl halides is 3. The molecule has 2 aromatic rings. The van der Waals surface area contributed by atoms with Gasteiger partial charge in [-0.2, -0.15) is 24.9 Å². The molecule has 1 aliphatic carbocycles. The number of carboxylic acid groups (broad SMARTS) is 1. The first kappa shape index (κ1) is 26.4. The Kier molecular flexibility index (Phi) is 8.66. The van der Waals surface area contributed by atoms with Crippen LogP contribution in [0.1, 0.15) is 29.9 Å². The van der Waals surface area contributed by atoms with Crippen LogP contribution in [0.3, 0.4) is 0 Å². The van der Waals surface area contributed by atoms with Gasteiger partial charge in [-0.3, -0.25) is 4.79 Å². The number of carbonyl (C=O) groups is 3. The molecule has 0 bridgehead atoms. The van der Waals surface area contributed by atoms with Crippen molar-refractivity contribution in [1.29, 1.82) is 0 Å². The number of thioether (sulfide) groups is 1. The van der Waals surface area contributed by atoms with Gasteiger partial charge in [-0.15, -0.1) is 0 Å². The number of hydrogen-bond acceptors (Lipinski definition) is 5. The van der Waals surface area contributed by atoms with Crippen molar-refractivity contribution >= 4 is 29.7 Å². The second kappa shape index (κ2) is 11.5. The zero-order valence-corrected chi connectivity index (χ0v) is 19.6. The molecule has 0 radical (unpaired) electrons.